The summed E-state index contributed by atoms with van der Waals surface area (Å²) in [6.07, 6.45) is 3.61. The highest BCUT2D eigenvalue weighted by Gasteiger charge is 2.22. The van der Waals surface area contributed by atoms with E-state index in [1.807, 2.05) is 20.8 Å². The van der Waals surface area contributed by atoms with Gasteiger partial charge < -0.3 is 15.3 Å². The second kappa shape index (κ2) is 5.83. The zero-order chi connectivity index (χ0) is 11.3. The maximum Gasteiger partial charge on any atom is 0.0688 e. The summed E-state index contributed by atoms with van der Waals surface area (Å²) in [7, 11) is 0. The van der Waals surface area contributed by atoms with Crippen molar-refractivity contribution in [3.63, 3.8) is 0 Å². The first kappa shape index (κ1) is 12.9. The molecule has 0 spiro atoms. The van der Waals surface area contributed by atoms with Gasteiger partial charge in [-0.2, -0.15) is 0 Å². The molecule has 0 radical (unpaired) electrons. The van der Waals surface area contributed by atoms with Crippen LogP contribution in [0.4, 0.5) is 0 Å². The Kier molecular flexibility index (Phi) is 5.03. The molecule has 1 fully saturated rings. The lowest BCUT2D eigenvalue weighted by Crippen LogP contribution is -2.48. The summed E-state index contributed by atoms with van der Waals surface area (Å²) < 4.78 is 0. The van der Waals surface area contributed by atoms with E-state index >= 15 is 0 Å². The van der Waals surface area contributed by atoms with E-state index in [1.165, 1.54) is 38.9 Å². The molecule has 0 amide bonds. The van der Waals surface area contributed by atoms with E-state index in [2.05, 4.69) is 10.2 Å². The van der Waals surface area contributed by atoms with Crippen molar-refractivity contribution in [3.8, 4) is 0 Å². The third-order valence-corrected chi connectivity index (χ3v) is 3.47. The van der Waals surface area contributed by atoms with Gasteiger partial charge >= 0.3 is 0 Å². The summed E-state index contributed by atoms with van der Waals surface area (Å²) >= 11 is 0. The predicted molar refractivity (Wildman–Crippen MR) is 64.1 cm³/mol. The summed E-state index contributed by atoms with van der Waals surface area (Å²) in [5, 5.41) is 12.9. The molecule has 90 valence electrons. The first-order valence-corrected chi connectivity index (χ1v) is 6.18. The SMILES string of the molecule is CC(O)C(C)(C)NCCCN1CCCC1. The molecule has 1 rings (SSSR count). The Morgan fingerprint density at radius 3 is 2.47 bits per heavy atom. The van der Waals surface area contributed by atoms with Crippen LogP contribution in [0.1, 0.15) is 40.0 Å². The van der Waals surface area contributed by atoms with Gasteiger partial charge in [0.2, 0.25) is 0 Å². The fraction of sp³-hybridized carbons (Fsp3) is 1.00. The topological polar surface area (TPSA) is 35.5 Å². The van der Waals surface area contributed by atoms with Crippen LogP contribution in [0.2, 0.25) is 0 Å². The van der Waals surface area contributed by atoms with E-state index in [4.69, 9.17) is 0 Å². The monoisotopic (exact) mass is 214 g/mol. The average molecular weight is 214 g/mol. The standard InChI is InChI=1S/C12H26N2O/c1-11(15)12(2,3)13-7-6-10-14-8-4-5-9-14/h11,13,15H,4-10H2,1-3H3. The van der Waals surface area contributed by atoms with Crippen LogP contribution in [-0.4, -0.2) is 47.8 Å². The van der Waals surface area contributed by atoms with Gasteiger partial charge in [0.15, 0.2) is 0 Å². The normalized spacial score (nSPS) is 20.8. The van der Waals surface area contributed by atoms with Crippen LogP contribution in [0, 0.1) is 0 Å². The second-order valence-corrected chi connectivity index (χ2v) is 5.23. The number of hydrogen-bond acceptors (Lipinski definition) is 3. The number of nitrogens with zero attached hydrogens (tertiary/aromatic N) is 1. The molecule has 1 heterocycles. The quantitative estimate of drug-likeness (QED) is 0.653. The molecule has 2 N–H and O–H groups in total. The maximum absolute atomic E-state index is 9.52. The molecule has 1 aliphatic heterocycles. The number of likely N-dealkylation sites (tertiary alicyclic amines) is 1. The first-order valence-electron chi connectivity index (χ1n) is 6.18. The van der Waals surface area contributed by atoms with Crippen molar-refractivity contribution in [2.75, 3.05) is 26.2 Å². The number of aliphatic hydroxyl groups excluding tert-OH is 1. The van der Waals surface area contributed by atoms with Crippen LogP contribution in [-0.2, 0) is 0 Å². The Hall–Kier alpha value is -0.120. The van der Waals surface area contributed by atoms with Crippen molar-refractivity contribution < 1.29 is 5.11 Å². The molecule has 0 aromatic carbocycles. The van der Waals surface area contributed by atoms with Gasteiger partial charge in [0, 0.05) is 5.54 Å². The summed E-state index contributed by atoms with van der Waals surface area (Å²) in [6.45, 7) is 10.7. The van der Waals surface area contributed by atoms with E-state index in [-0.39, 0.29) is 11.6 Å². The average Bonchev–Trinajstić information content (AvgIpc) is 2.64. The lowest BCUT2D eigenvalue weighted by atomic mass is 9.99. The lowest BCUT2D eigenvalue weighted by Gasteiger charge is -2.29. The Bertz CT molecular complexity index is 174. The molecule has 0 aliphatic carbocycles. The van der Waals surface area contributed by atoms with E-state index < -0.39 is 0 Å². The Labute approximate surface area is 93.9 Å². The molecule has 1 aliphatic rings. The number of rotatable bonds is 6. The fourth-order valence-corrected chi connectivity index (χ4v) is 1.87. The zero-order valence-corrected chi connectivity index (χ0v) is 10.4. The van der Waals surface area contributed by atoms with Crippen LogP contribution >= 0.6 is 0 Å². The minimum atomic E-state index is -0.302. The van der Waals surface area contributed by atoms with Gasteiger partial charge in [0.25, 0.3) is 0 Å². The zero-order valence-electron chi connectivity index (χ0n) is 10.4. The maximum atomic E-state index is 9.52. The molecular formula is C12H26N2O. The van der Waals surface area contributed by atoms with Crippen molar-refractivity contribution >= 4 is 0 Å². The second-order valence-electron chi connectivity index (χ2n) is 5.23. The molecular weight excluding hydrogens is 188 g/mol. The molecule has 0 aromatic heterocycles. The van der Waals surface area contributed by atoms with Gasteiger partial charge in [-0.15, -0.1) is 0 Å². The van der Waals surface area contributed by atoms with Crippen LogP contribution < -0.4 is 5.32 Å². The summed E-state index contributed by atoms with van der Waals surface area (Å²) in [4.78, 5) is 2.52. The van der Waals surface area contributed by atoms with Crippen LogP contribution in [0.5, 0.6) is 0 Å². The third kappa shape index (κ3) is 4.49. The highest BCUT2D eigenvalue weighted by Crippen LogP contribution is 2.09. The molecule has 3 heteroatoms. The van der Waals surface area contributed by atoms with Gasteiger partial charge in [-0.1, -0.05) is 0 Å². The molecule has 1 atom stereocenters. The van der Waals surface area contributed by atoms with Gasteiger partial charge in [-0.05, 0) is 66.2 Å². The van der Waals surface area contributed by atoms with E-state index in [0.29, 0.717) is 0 Å². The molecule has 0 bridgehead atoms. The van der Waals surface area contributed by atoms with Crippen molar-refractivity contribution in [1.82, 2.24) is 10.2 Å². The smallest absolute Gasteiger partial charge is 0.0688 e. The van der Waals surface area contributed by atoms with Crippen molar-refractivity contribution in [3.05, 3.63) is 0 Å². The van der Waals surface area contributed by atoms with Gasteiger partial charge in [-0.25, -0.2) is 0 Å². The first-order chi connectivity index (χ1) is 7.02. The summed E-state index contributed by atoms with van der Waals surface area (Å²) in [6, 6.07) is 0. The van der Waals surface area contributed by atoms with Gasteiger partial charge in [0.05, 0.1) is 6.10 Å². The lowest BCUT2D eigenvalue weighted by molar-refractivity contribution is 0.0961. The minimum absolute atomic E-state index is 0.162. The van der Waals surface area contributed by atoms with Crippen LogP contribution in [0.25, 0.3) is 0 Å². The summed E-state index contributed by atoms with van der Waals surface area (Å²) in [5.74, 6) is 0. The highest BCUT2D eigenvalue weighted by atomic mass is 16.3. The third-order valence-electron chi connectivity index (χ3n) is 3.47. The number of hydrogen-bond donors (Lipinski definition) is 2. The fourth-order valence-electron chi connectivity index (χ4n) is 1.87. The van der Waals surface area contributed by atoms with Crippen molar-refractivity contribution in [1.29, 1.82) is 0 Å². The number of nitrogens with one attached hydrogen (secondary N) is 1. The molecule has 1 unspecified atom stereocenters. The van der Waals surface area contributed by atoms with Gasteiger partial charge in [0.1, 0.15) is 0 Å². The van der Waals surface area contributed by atoms with Crippen LogP contribution in [0.15, 0.2) is 0 Å². The highest BCUT2D eigenvalue weighted by molar-refractivity contribution is 4.82. The van der Waals surface area contributed by atoms with E-state index in [1.54, 1.807) is 0 Å². The Balaban J connectivity index is 2.05. The van der Waals surface area contributed by atoms with E-state index in [9.17, 15) is 5.11 Å². The largest absolute Gasteiger partial charge is 0.392 e. The van der Waals surface area contributed by atoms with E-state index in [0.717, 1.165) is 6.54 Å². The Morgan fingerprint density at radius 2 is 1.93 bits per heavy atom. The van der Waals surface area contributed by atoms with Gasteiger partial charge in [-0.3, -0.25) is 0 Å². The van der Waals surface area contributed by atoms with Crippen LogP contribution in [0.3, 0.4) is 0 Å². The Morgan fingerprint density at radius 1 is 1.33 bits per heavy atom. The van der Waals surface area contributed by atoms with Crippen molar-refractivity contribution in [2.24, 2.45) is 0 Å². The number of aliphatic hydroxyl groups is 1. The molecule has 0 saturated carbocycles. The predicted octanol–water partition coefficient (Wildman–Crippen LogP) is 1.22. The van der Waals surface area contributed by atoms with Crippen molar-refractivity contribution in [2.45, 2.75) is 51.7 Å². The molecule has 15 heavy (non-hydrogen) atoms. The molecule has 3 nitrogen and oxygen atoms in total. The summed E-state index contributed by atoms with van der Waals surface area (Å²) in [5.41, 5.74) is -0.162. The molecule has 0 aromatic rings. The minimum Gasteiger partial charge on any atom is -0.392 e. The molecule has 1 saturated heterocycles.